The van der Waals surface area contributed by atoms with Gasteiger partial charge in [-0.15, -0.1) is 12.3 Å². The van der Waals surface area contributed by atoms with Crippen LogP contribution in [0.5, 0.6) is 0 Å². The molecule has 2 nitrogen and oxygen atoms in total. The molecule has 0 saturated heterocycles. The van der Waals surface area contributed by atoms with Gasteiger partial charge < -0.3 is 10.4 Å². The zero-order valence-electron chi connectivity index (χ0n) is 11.3. The summed E-state index contributed by atoms with van der Waals surface area (Å²) >= 11 is 0. The molecule has 0 fully saturated rings. The van der Waals surface area contributed by atoms with E-state index in [0.717, 1.165) is 24.9 Å². The van der Waals surface area contributed by atoms with Gasteiger partial charge in [0, 0.05) is 13.0 Å². The van der Waals surface area contributed by atoms with Crippen molar-refractivity contribution in [1.82, 2.24) is 5.32 Å². The normalized spacial score (nSPS) is 12.4. The van der Waals surface area contributed by atoms with E-state index in [2.05, 4.69) is 37.2 Å². The summed E-state index contributed by atoms with van der Waals surface area (Å²) in [6, 6.07) is 8.18. The maximum Gasteiger partial charge on any atom is 0.0914 e. The average Bonchev–Trinajstić information content (AvgIpc) is 2.38. The largest absolute Gasteiger partial charge is 0.387 e. The lowest BCUT2D eigenvalue weighted by molar-refractivity contribution is 0.175. The third-order valence-electron chi connectivity index (χ3n) is 3.00. The van der Waals surface area contributed by atoms with Crippen LogP contribution in [0.3, 0.4) is 0 Å². The van der Waals surface area contributed by atoms with E-state index in [9.17, 15) is 5.11 Å². The van der Waals surface area contributed by atoms with Gasteiger partial charge in [-0.3, -0.25) is 0 Å². The summed E-state index contributed by atoms with van der Waals surface area (Å²) in [6.07, 6.45) is 6.46. The highest BCUT2D eigenvalue weighted by atomic mass is 16.3. The summed E-state index contributed by atoms with van der Waals surface area (Å²) in [5.41, 5.74) is 2.26. The lowest BCUT2D eigenvalue weighted by atomic mass is 10.00. The number of terminal acetylenes is 1. The molecule has 0 saturated carbocycles. The van der Waals surface area contributed by atoms with Crippen LogP contribution in [-0.2, 0) is 0 Å². The third-order valence-corrected chi connectivity index (χ3v) is 3.00. The second-order valence-electron chi connectivity index (χ2n) is 4.85. The minimum atomic E-state index is -0.447. The van der Waals surface area contributed by atoms with Gasteiger partial charge in [0.05, 0.1) is 6.10 Å². The first kappa shape index (κ1) is 14.8. The van der Waals surface area contributed by atoms with Gasteiger partial charge in [-0.2, -0.15) is 0 Å². The van der Waals surface area contributed by atoms with E-state index in [1.165, 1.54) is 5.56 Å². The van der Waals surface area contributed by atoms with E-state index in [0.29, 0.717) is 12.5 Å². The molecule has 0 aliphatic heterocycles. The highest BCUT2D eigenvalue weighted by Gasteiger charge is 2.07. The van der Waals surface area contributed by atoms with Crippen molar-refractivity contribution < 1.29 is 5.11 Å². The van der Waals surface area contributed by atoms with E-state index in [1.54, 1.807) is 0 Å². The number of benzene rings is 1. The molecule has 0 bridgehead atoms. The average molecular weight is 245 g/mol. The molecule has 2 heteroatoms. The first-order chi connectivity index (χ1) is 8.65. The van der Waals surface area contributed by atoms with Gasteiger partial charge in [-0.25, -0.2) is 0 Å². The second-order valence-corrected chi connectivity index (χ2v) is 4.85. The van der Waals surface area contributed by atoms with Crippen molar-refractivity contribution in [2.45, 2.75) is 38.7 Å². The Bertz CT molecular complexity index is 375. The lowest BCUT2D eigenvalue weighted by Crippen LogP contribution is -2.22. The standard InChI is InChI=1S/C16H23NO/c1-4-5-6-11-17-12-16(18)15-9-7-14(8-10-15)13(2)3/h1,7-10,13,16-18H,5-6,11-12H2,2-3H3. The topological polar surface area (TPSA) is 32.3 Å². The van der Waals surface area contributed by atoms with Crippen LogP contribution in [-0.4, -0.2) is 18.2 Å². The van der Waals surface area contributed by atoms with Crippen molar-refractivity contribution in [2.75, 3.05) is 13.1 Å². The fraction of sp³-hybridized carbons (Fsp3) is 0.500. The van der Waals surface area contributed by atoms with E-state index < -0.39 is 6.10 Å². The maximum absolute atomic E-state index is 10.0. The Balaban J connectivity index is 2.37. The maximum atomic E-state index is 10.0. The first-order valence-electron chi connectivity index (χ1n) is 6.57. The lowest BCUT2D eigenvalue weighted by Gasteiger charge is -2.13. The Morgan fingerprint density at radius 1 is 1.22 bits per heavy atom. The van der Waals surface area contributed by atoms with Crippen molar-refractivity contribution in [3.8, 4) is 12.3 Å². The summed E-state index contributed by atoms with van der Waals surface area (Å²) in [4.78, 5) is 0. The first-order valence-corrected chi connectivity index (χ1v) is 6.57. The van der Waals surface area contributed by atoms with Crippen molar-refractivity contribution >= 4 is 0 Å². The summed E-state index contributed by atoms with van der Waals surface area (Å²) in [6.45, 7) is 5.76. The molecule has 1 aromatic carbocycles. The molecule has 0 radical (unpaired) electrons. The Hall–Kier alpha value is -1.30. The van der Waals surface area contributed by atoms with Crippen LogP contribution in [0.1, 0.15) is 49.8 Å². The molecule has 1 atom stereocenters. The minimum absolute atomic E-state index is 0.447. The van der Waals surface area contributed by atoms with Gasteiger partial charge >= 0.3 is 0 Å². The number of hydrogen-bond acceptors (Lipinski definition) is 2. The highest BCUT2D eigenvalue weighted by Crippen LogP contribution is 2.18. The van der Waals surface area contributed by atoms with Gasteiger partial charge in [0.15, 0.2) is 0 Å². The SMILES string of the molecule is C#CCCCNCC(O)c1ccc(C(C)C)cc1. The van der Waals surface area contributed by atoms with Crippen molar-refractivity contribution in [3.63, 3.8) is 0 Å². The van der Waals surface area contributed by atoms with E-state index in [4.69, 9.17) is 6.42 Å². The van der Waals surface area contributed by atoms with Gasteiger partial charge in [0.2, 0.25) is 0 Å². The van der Waals surface area contributed by atoms with Crippen LogP contribution >= 0.6 is 0 Å². The quantitative estimate of drug-likeness (QED) is 0.572. The van der Waals surface area contributed by atoms with Crippen LogP contribution in [0.2, 0.25) is 0 Å². The predicted octanol–water partition coefficient (Wildman–Crippen LogP) is 2.85. The fourth-order valence-electron chi connectivity index (χ4n) is 1.78. The number of hydrogen-bond donors (Lipinski definition) is 2. The smallest absolute Gasteiger partial charge is 0.0914 e. The van der Waals surface area contributed by atoms with Crippen molar-refractivity contribution in [1.29, 1.82) is 0 Å². The van der Waals surface area contributed by atoms with E-state index >= 15 is 0 Å². The Kier molecular flexibility index (Phi) is 6.49. The molecule has 1 rings (SSSR count). The van der Waals surface area contributed by atoms with E-state index in [-0.39, 0.29) is 0 Å². The van der Waals surface area contributed by atoms with Crippen molar-refractivity contribution in [3.05, 3.63) is 35.4 Å². The molecule has 1 aromatic rings. The number of nitrogens with one attached hydrogen (secondary N) is 1. The number of rotatable bonds is 7. The molecule has 0 spiro atoms. The van der Waals surface area contributed by atoms with Gasteiger partial charge in [-0.05, 0) is 30.0 Å². The van der Waals surface area contributed by atoms with Crippen LogP contribution in [0.4, 0.5) is 0 Å². The van der Waals surface area contributed by atoms with E-state index in [1.807, 2.05) is 12.1 Å². The predicted molar refractivity (Wildman–Crippen MR) is 76.4 cm³/mol. The highest BCUT2D eigenvalue weighted by molar-refractivity contribution is 5.26. The molecule has 0 heterocycles. The van der Waals surface area contributed by atoms with Gasteiger partial charge in [0.25, 0.3) is 0 Å². The zero-order valence-corrected chi connectivity index (χ0v) is 11.3. The Morgan fingerprint density at radius 3 is 2.39 bits per heavy atom. The summed E-state index contributed by atoms with van der Waals surface area (Å²) in [5.74, 6) is 3.13. The van der Waals surface area contributed by atoms with Crippen LogP contribution in [0, 0.1) is 12.3 Å². The Morgan fingerprint density at radius 2 is 1.83 bits per heavy atom. The summed E-state index contributed by atoms with van der Waals surface area (Å²) in [7, 11) is 0. The molecular weight excluding hydrogens is 222 g/mol. The summed E-state index contributed by atoms with van der Waals surface area (Å²) < 4.78 is 0. The van der Waals surface area contributed by atoms with Crippen LogP contribution < -0.4 is 5.32 Å². The molecule has 0 aromatic heterocycles. The molecule has 2 N–H and O–H groups in total. The summed E-state index contributed by atoms with van der Waals surface area (Å²) in [5, 5.41) is 13.2. The fourth-order valence-corrected chi connectivity index (χ4v) is 1.78. The number of aliphatic hydroxyl groups excluding tert-OH is 1. The molecule has 0 aliphatic carbocycles. The van der Waals surface area contributed by atoms with Gasteiger partial charge in [-0.1, -0.05) is 38.1 Å². The molecular formula is C16H23NO. The van der Waals surface area contributed by atoms with Gasteiger partial charge in [0.1, 0.15) is 0 Å². The molecule has 0 aliphatic rings. The van der Waals surface area contributed by atoms with Crippen LogP contribution in [0.15, 0.2) is 24.3 Å². The van der Waals surface area contributed by atoms with Crippen molar-refractivity contribution in [2.24, 2.45) is 0 Å². The Labute approximate surface area is 110 Å². The number of aliphatic hydroxyl groups is 1. The monoisotopic (exact) mass is 245 g/mol. The van der Waals surface area contributed by atoms with Crippen LogP contribution in [0.25, 0.3) is 0 Å². The minimum Gasteiger partial charge on any atom is -0.387 e. The molecule has 98 valence electrons. The third kappa shape index (κ3) is 4.91. The second kappa shape index (κ2) is 7.92. The molecule has 18 heavy (non-hydrogen) atoms. The molecule has 0 amide bonds. The molecule has 1 unspecified atom stereocenters. The zero-order chi connectivity index (χ0) is 13.4. The number of unbranched alkanes of at least 4 members (excludes halogenated alkanes) is 1.